The minimum atomic E-state index is -0.500. The molecule has 1 rings (SSSR count). The molecule has 5 nitrogen and oxygen atoms in total. The second-order valence-electron chi connectivity index (χ2n) is 3.41. The van der Waals surface area contributed by atoms with Crippen LogP contribution in [0.4, 0.5) is 0 Å². The lowest BCUT2D eigenvalue weighted by Gasteiger charge is -2.05. The number of hydrogen-bond acceptors (Lipinski definition) is 5. The van der Waals surface area contributed by atoms with Crippen LogP contribution in [0.25, 0.3) is 0 Å². The van der Waals surface area contributed by atoms with Crippen molar-refractivity contribution in [1.29, 1.82) is 0 Å². The van der Waals surface area contributed by atoms with Crippen molar-refractivity contribution in [2.75, 3.05) is 13.2 Å². The average molecular weight is 250 g/mol. The molecule has 0 heterocycles. The van der Waals surface area contributed by atoms with Crippen molar-refractivity contribution in [3.05, 3.63) is 42.5 Å². The van der Waals surface area contributed by atoms with Crippen LogP contribution >= 0.6 is 0 Å². The first-order chi connectivity index (χ1) is 8.63. The second-order valence-corrected chi connectivity index (χ2v) is 3.41. The van der Waals surface area contributed by atoms with E-state index in [1.807, 2.05) is 0 Å². The van der Waals surface area contributed by atoms with E-state index in [2.05, 4.69) is 6.58 Å². The Morgan fingerprint density at radius 2 is 1.78 bits per heavy atom. The van der Waals surface area contributed by atoms with E-state index in [1.54, 1.807) is 0 Å². The summed E-state index contributed by atoms with van der Waals surface area (Å²) < 4.78 is 9.66. The smallest absolute Gasteiger partial charge is 0.338 e. The van der Waals surface area contributed by atoms with Crippen LogP contribution in [-0.4, -0.2) is 30.3 Å². The van der Waals surface area contributed by atoms with E-state index >= 15 is 0 Å². The Labute approximate surface area is 105 Å². The number of benzene rings is 1. The van der Waals surface area contributed by atoms with E-state index in [1.165, 1.54) is 24.3 Å². The molecule has 0 saturated heterocycles. The molecule has 0 aliphatic carbocycles. The van der Waals surface area contributed by atoms with Gasteiger partial charge in [0, 0.05) is 12.5 Å². The zero-order valence-corrected chi connectivity index (χ0v) is 9.80. The Kier molecular flexibility index (Phi) is 5.44. The standard InChI is InChI=1S/C13H14O5/c1-2-12(15)17-8-3-9-18-13(16)10-4-6-11(14)7-5-10/h2,4-7,14H,1,3,8-9H2. The highest BCUT2D eigenvalue weighted by Crippen LogP contribution is 2.10. The van der Waals surface area contributed by atoms with Crippen LogP contribution in [0, 0.1) is 0 Å². The number of aromatic hydroxyl groups is 1. The highest BCUT2D eigenvalue weighted by atomic mass is 16.5. The minimum Gasteiger partial charge on any atom is -0.508 e. The molecule has 1 aromatic rings. The van der Waals surface area contributed by atoms with Crippen molar-refractivity contribution in [1.82, 2.24) is 0 Å². The van der Waals surface area contributed by atoms with Gasteiger partial charge in [0.2, 0.25) is 0 Å². The normalized spacial score (nSPS) is 9.56. The molecule has 0 radical (unpaired) electrons. The number of ether oxygens (including phenoxy) is 2. The zero-order valence-electron chi connectivity index (χ0n) is 9.80. The Balaban J connectivity index is 2.23. The fraction of sp³-hybridized carbons (Fsp3) is 0.231. The highest BCUT2D eigenvalue weighted by molar-refractivity contribution is 5.89. The molecule has 0 unspecified atom stereocenters. The van der Waals surface area contributed by atoms with E-state index in [-0.39, 0.29) is 19.0 Å². The number of carbonyl (C=O) groups excluding carboxylic acids is 2. The minimum absolute atomic E-state index is 0.0860. The third-order valence-corrected chi connectivity index (χ3v) is 2.04. The number of hydrogen-bond donors (Lipinski definition) is 1. The first-order valence-electron chi connectivity index (χ1n) is 5.39. The summed E-state index contributed by atoms with van der Waals surface area (Å²) >= 11 is 0. The van der Waals surface area contributed by atoms with Gasteiger partial charge in [-0.05, 0) is 24.3 Å². The van der Waals surface area contributed by atoms with Gasteiger partial charge in [-0.1, -0.05) is 6.58 Å². The Bertz CT molecular complexity index is 422. The molecule has 96 valence electrons. The lowest BCUT2D eigenvalue weighted by molar-refractivity contribution is -0.137. The van der Waals surface area contributed by atoms with Crippen molar-refractivity contribution in [3.63, 3.8) is 0 Å². The summed E-state index contributed by atoms with van der Waals surface area (Å²) in [6, 6.07) is 5.75. The van der Waals surface area contributed by atoms with Crippen LogP contribution in [-0.2, 0) is 14.3 Å². The molecule has 5 heteroatoms. The number of phenols is 1. The van der Waals surface area contributed by atoms with Gasteiger partial charge in [0.05, 0.1) is 18.8 Å². The van der Waals surface area contributed by atoms with Gasteiger partial charge < -0.3 is 14.6 Å². The fourth-order valence-electron chi connectivity index (χ4n) is 1.14. The molecule has 0 aliphatic heterocycles. The van der Waals surface area contributed by atoms with Gasteiger partial charge in [0.25, 0.3) is 0 Å². The molecule has 0 fully saturated rings. The third-order valence-electron chi connectivity index (χ3n) is 2.04. The molecule has 1 N–H and O–H groups in total. The third kappa shape index (κ3) is 4.69. The van der Waals surface area contributed by atoms with Crippen molar-refractivity contribution in [3.8, 4) is 5.75 Å². The maximum atomic E-state index is 11.5. The van der Waals surface area contributed by atoms with Crippen LogP contribution in [0.5, 0.6) is 5.75 Å². The van der Waals surface area contributed by atoms with E-state index in [4.69, 9.17) is 14.6 Å². The molecule has 0 spiro atoms. The predicted octanol–water partition coefficient (Wildman–Crippen LogP) is 1.67. The summed E-state index contributed by atoms with van der Waals surface area (Å²) in [4.78, 5) is 22.2. The SMILES string of the molecule is C=CC(=O)OCCCOC(=O)c1ccc(O)cc1. The average Bonchev–Trinajstić information content (AvgIpc) is 2.38. The number of esters is 2. The Morgan fingerprint density at radius 3 is 2.39 bits per heavy atom. The highest BCUT2D eigenvalue weighted by Gasteiger charge is 2.06. The molecule has 0 amide bonds. The lowest BCUT2D eigenvalue weighted by Crippen LogP contribution is -2.09. The molecular weight excluding hydrogens is 236 g/mol. The molecule has 0 aliphatic rings. The Hall–Kier alpha value is -2.30. The van der Waals surface area contributed by atoms with Gasteiger partial charge in [0.1, 0.15) is 5.75 Å². The number of carbonyl (C=O) groups is 2. The molecule has 0 saturated carbocycles. The molecular formula is C13H14O5. The second kappa shape index (κ2) is 7.11. The topological polar surface area (TPSA) is 72.8 Å². The monoisotopic (exact) mass is 250 g/mol. The van der Waals surface area contributed by atoms with Crippen LogP contribution in [0.3, 0.4) is 0 Å². The van der Waals surface area contributed by atoms with Crippen LogP contribution in [0.2, 0.25) is 0 Å². The number of rotatable bonds is 6. The van der Waals surface area contributed by atoms with Gasteiger partial charge in [-0.2, -0.15) is 0 Å². The summed E-state index contributed by atoms with van der Waals surface area (Å²) in [6.07, 6.45) is 1.49. The van der Waals surface area contributed by atoms with Gasteiger partial charge in [-0.15, -0.1) is 0 Å². The summed E-state index contributed by atoms with van der Waals surface area (Å²) in [6.45, 7) is 3.59. The number of phenolic OH excluding ortho intramolecular Hbond substituents is 1. The fourth-order valence-corrected chi connectivity index (χ4v) is 1.14. The van der Waals surface area contributed by atoms with E-state index in [0.29, 0.717) is 12.0 Å². The summed E-state index contributed by atoms with van der Waals surface area (Å²) in [5.41, 5.74) is 0.357. The first-order valence-corrected chi connectivity index (χ1v) is 5.39. The Morgan fingerprint density at radius 1 is 1.17 bits per heavy atom. The molecule has 0 aromatic heterocycles. The van der Waals surface area contributed by atoms with Gasteiger partial charge in [-0.3, -0.25) is 0 Å². The molecule has 18 heavy (non-hydrogen) atoms. The molecule has 0 atom stereocenters. The van der Waals surface area contributed by atoms with Crippen molar-refractivity contribution in [2.45, 2.75) is 6.42 Å². The van der Waals surface area contributed by atoms with E-state index < -0.39 is 11.9 Å². The van der Waals surface area contributed by atoms with Crippen molar-refractivity contribution in [2.24, 2.45) is 0 Å². The summed E-state index contributed by atoms with van der Waals surface area (Å²) in [5.74, 6) is -0.896. The maximum Gasteiger partial charge on any atom is 0.338 e. The van der Waals surface area contributed by atoms with Crippen LogP contribution in [0.15, 0.2) is 36.9 Å². The van der Waals surface area contributed by atoms with E-state index in [9.17, 15) is 9.59 Å². The largest absolute Gasteiger partial charge is 0.508 e. The van der Waals surface area contributed by atoms with Gasteiger partial charge in [0.15, 0.2) is 0 Å². The van der Waals surface area contributed by atoms with Gasteiger partial charge in [-0.25, -0.2) is 9.59 Å². The quantitative estimate of drug-likeness (QED) is 0.472. The maximum absolute atomic E-state index is 11.5. The van der Waals surface area contributed by atoms with Crippen LogP contribution < -0.4 is 0 Å². The lowest BCUT2D eigenvalue weighted by atomic mass is 10.2. The predicted molar refractivity (Wildman–Crippen MR) is 64.2 cm³/mol. The summed E-state index contributed by atoms with van der Waals surface area (Å²) in [5, 5.41) is 9.05. The van der Waals surface area contributed by atoms with Gasteiger partial charge >= 0.3 is 11.9 Å². The van der Waals surface area contributed by atoms with Crippen molar-refractivity contribution >= 4 is 11.9 Å². The van der Waals surface area contributed by atoms with Crippen LogP contribution in [0.1, 0.15) is 16.8 Å². The van der Waals surface area contributed by atoms with Crippen molar-refractivity contribution < 1.29 is 24.2 Å². The first kappa shape index (κ1) is 13.8. The van der Waals surface area contributed by atoms with E-state index in [0.717, 1.165) is 6.08 Å². The zero-order chi connectivity index (χ0) is 13.4. The summed E-state index contributed by atoms with van der Waals surface area (Å²) in [7, 11) is 0. The molecule has 0 bridgehead atoms. The molecule has 1 aromatic carbocycles.